The van der Waals surface area contributed by atoms with E-state index in [1.165, 1.54) is 0 Å². The summed E-state index contributed by atoms with van der Waals surface area (Å²) in [5.41, 5.74) is 0.0737. The predicted molar refractivity (Wildman–Crippen MR) is 115 cm³/mol. The topological polar surface area (TPSA) is 26.3 Å². The van der Waals surface area contributed by atoms with E-state index in [0.717, 1.165) is 16.8 Å². The highest BCUT2D eigenvalue weighted by atomic mass is 79.9. The van der Waals surface area contributed by atoms with Crippen molar-refractivity contribution >= 4 is 43.4 Å². The van der Waals surface area contributed by atoms with Crippen molar-refractivity contribution in [3.05, 3.63) is 83.9 Å². The van der Waals surface area contributed by atoms with Crippen molar-refractivity contribution in [1.82, 2.24) is 0 Å². The minimum absolute atomic E-state index is 0.0790. The van der Waals surface area contributed by atoms with Crippen LogP contribution < -0.4 is 0 Å². The molecule has 0 saturated carbocycles. The highest BCUT2D eigenvalue weighted by Gasteiger charge is 2.36. The molecule has 0 atom stereocenters. The van der Waals surface area contributed by atoms with Crippen LogP contribution in [0.5, 0.6) is 0 Å². The van der Waals surface area contributed by atoms with E-state index in [1.54, 1.807) is 30.3 Å². The number of carbonyl (C=O) groups excluding carboxylic acids is 1. The Labute approximate surface area is 179 Å². The van der Waals surface area contributed by atoms with Crippen LogP contribution in [0.25, 0.3) is 32.7 Å². The molecule has 0 radical (unpaired) electrons. The van der Waals surface area contributed by atoms with Gasteiger partial charge in [-0.1, -0.05) is 66.7 Å². The summed E-state index contributed by atoms with van der Waals surface area (Å²) in [6.45, 7) is 0. The summed E-state index contributed by atoms with van der Waals surface area (Å²) in [5.74, 6) is -0.728. The van der Waals surface area contributed by atoms with Crippen LogP contribution in [0.4, 0.5) is 13.2 Å². The zero-order chi connectivity index (χ0) is 21.3. The van der Waals surface area contributed by atoms with Crippen LogP contribution in [0.15, 0.2) is 72.8 Å². The predicted octanol–water partition coefficient (Wildman–Crippen LogP) is 7.12. The molecule has 2 nitrogen and oxygen atoms in total. The van der Waals surface area contributed by atoms with Gasteiger partial charge in [-0.25, -0.2) is 0 Å². The number of alkyl halides is 4. The Morgan fingerprint density at radius 2 is 1.50 bits per heavy atom. The lowest BCUT2D eigenvalue weighted by Gasteiger charge is -2.20. The lowest BCUT2D eigenvalue weighted by atomic mass is 9.86. The molecule has 6 heteroatoms. The fourth-order valence-corrected chi connectivity index (χ4v) is 4.09. The number of hydrogen-bond donors (Lipinski definition) is 0. The number of ether oxygens (including phenoxy) is 1. The van der Waals surface area contributed by atoms with Crippen molar-refractivity contribution in [3.63, 3.8) is 0 Å². The maximum absolute atomic E-state index is 14.1. The first kappa shape index (κ1) is 20.4. The molecule has 0 fully saturated rings. The van der Waals surface area contributed by atoms with Crippen molar-refractivity contribution in [2.45, 2.75) is 12.6 Å². The number of esters is 1. The van der Waals surface area contributed by atoms with Gasteiger partial charge in [-0.05, 0) is 60.2 Å². The van der Waals surface area contributed by atoms with Crippen LogP contribution in [0.3, 0.4) is 0 Å². The minimum Gasteiger partial charge on any atom is -0.454 e. The molecule has 0 bridgehead atoms. The summed E-state index contributed by atoms with van der Waals surface area (Å²) in [5, 5.41) is 2.85. The first-order valence-electron chi connectivity index (χ1n) is 9.21. The molecule has 0 amide bonds. The van der Waals surface area contributed by atoms with Gasteiger partial charge in [0.25, 0.3) is 0 Å². The Morgan fingerprint density at radius 1 is 0.867 bits per heavy atom. The summed E-state index contributed by atoms with van der Waals surface area (Å²) < 4.78 is 47.1. The molecule has 0 N–H and O–H groups in total. The Balaban J connectivity index is 2.14. The standard InChI is InChI=1S/C24H16BrF3O2/c25-14-30-22(29)13-20-21(24(26,27)28)12-16-7-2-4-10-18(16)23(20)19-11-5-8-15-6-1-3-9-17(15)19/h1-12H,13-14H2. The lowest BCUT2D eigenvalue weighted by Crippen LogP contribution is -2.15. The van der Waals surface area contributed by atoms with Crippen LogP contribution in [0, 0.1) is 0 Å². The van der Waals surface area contributed by atoms with Gasteiger partial charge in [0.05, 0.1) is 12.0 Å². The molecule has 0 spiro atoms. The van der Waals surface area contributed by atoms with Gasteiger partial charge in [0, 0.05) is 0 Å². The summed E-state index contributed by atoms with van der Waals surface area (Å²) in [7, 11) is 0. The Bertz CT molecular complexity index is 1240. The Kier molecular flexibility index (Phi) is 5.52. The fourth-order valence-electron chi connectivity index (χ4n) is 3.83. The van der Waals surface area contributed by atoms with Crippen LogP contribution in [-0.4, -0.2) is 11.5 Å². The smallest absolute Gasteiger partial charge is 0.416 e. The quantitative estimate of drug-likeness (QED) is 0.233. The van der Waals surface area contributed by atoms with E-state index in [2.05, 4.69) is 15.9 Å². The molecule has 0 aliphatic carbocycles. The SMILES string of the molecule is O=C(Cc1c(C(F)(F)F)cc2ccccc2c1-c1cccc2ccccc12)OCBr. The maximum atomic E-state index is 14.1. The molecule has 4 aromatic rings. The number of benzene rings is 4. The third kappa shape index (κ3) is 3.79. The van der Waals surface area contributed by atoms with Gasteiger partial charge in [-0.3, -0.25) is 4.79 Å². The molecule has 0 aliphatic heterocycles. The summed E-state index contributed by atoms with van der Waals surface area (Å²) in [4.78, 5) is 12.3. The number of carbonyl (C=O) groups is 1. The zero-order valence-electron chi connectivity index (χ0n) is 15.7. The molecular weight excluding hydrogens is 457 g/mol. The largest absolute Gasteiger partial charge is 0.454 e. The molecule has 0 saturated heterocycles. The number of fused-ring (bicyclic) bond motifs is 2. The van der Waals surface area contributed by atoms with E-state index in [0.29, 0.717) is 21.9 Å². The highest BCUT2D eigenvalue weighted by molar-refractivity contribution is 9.09. The summed E-state index contributed by atoms with van der Waals surface area (Å²) >= 11 is 2.99. The van der Waals surface area contributed by atoms with Crippen LogP contribution in [0.1, 0.15) is 11.1 Å². The van der Waals surface area contributed by atoms with E-state index in [9.17, 15) is 18.0 Å². The fraction of sp³-hybridized carbons (Fsp3) is 0.125. The Hall–Kier alpha value is -2.86. The van der Waals surface area contributed by atoms with Gasteiger partial charge >= 0.3 is 12.1 Å². The van der Waals surface area contributed by atoms with Crippen molar-refractivity contribution in [2.75, 3.05) is 5.52 Å². The summed E-state index contributed by atoms with van der Waals surface area (Å²) in [6.07, 6.45) is -5.10. The molecule has 4 aromatic carbocycles. The van der Waals surface area contributed by atoms with Gasteiger partial charge in [0.2, 0.25) is 0 Å². The first-order chi connectivity index (χ1) is 14.4. The van der Waals surface area contributed by atoms with Crippen molar-refractivity contribution < 1.29 is 22.7 Å². The first-order valence-corrected chi connectivity index (χ1v) is 10.3. The van der Waals surface area contributed by atoms with E-state index in [1.807, 2.05) is 36.4 Å². The third-order valence-corrected chi connectivity index (χ3v) is 5.29. The molecule has 0 aliphatic rings. The zero-order valence-corrected chi connectivity index (χ0v) is 17.3. The van der Waals surface area contributed by atoms with Crippen LogP contribution in [-0.2, 0) is 22.1 Å². The third-order valence-electron chi connectivity index (χ3n) is 5.06. The normalized spacial score (nSPS) is 11.7. The van der Waals surface area contributed by atoms with Crippen molar-refractivity contribution in [2.24, 2.45) is 0 Å². The highest BCUT2D eigenvalue weighted by Crippen LogP contribution is 2.43. The van der Waals surface area contributed by atoms with Crippen LogP contribution in [0.2, 0.25) is 0 Å². The average molecular weight is 473 g/mol. The second-order valence-electron chi connectivity index (χ2n) is 6.83. The Morgan fingerprint density at radius 3 is 2.20 bits per heavy atom. The van der Waals surface area contributed by atoms with Gasteiger partial charge in [0.1, 0.15) is 5.52 Å². The van der Waals surface area contributed by atoms with Gasteiger partial charge in [-0.2, -0.15) is 13.2 Å². The van der Waals surface area contributed by atoms with Crippen molar-refractivity contribution in [3.8, 4) is 11.1 Å². The maximum Gasteiger partial charge on any atom is 0.416 e. The molecule has 30 heavy (non-hydrogen) atoms. The van der Waals surface area contributed by atoms with E-state index < -0.39 is 24.1 Å². The van der Waals surface area contributed by atoms with Gasteiger partial charge in [-0.15, -0.1) is 0 Å². The molecule has 152 valence electrons. The monoisotopic (exact) mass is 472 g/mol. The van der Waals surface area contributed by atoms with E-state index in [4.69, 9.17) is 4.74 Å². The van der Waals surface area contributed by atoms with Gasteiger partial charge in [0.15, 0.2) is 0 Å². The molecule has 0 aromatic heterocycles. The molecular formula is C24H16BrF3O2. The summed E-state index contributed by atoms with van der Waals surface area (Å²) in [6, 6.07) is 21.1. The van der Waals surface area contributed by atoms with E-state index >= 15 is 0 Å². The second-order valence-corrected chi connectivity index (χ2v) is 7.28. The minimum atomic E-state index is -4.62. The number of hydrogen-bond acceptors (Lipinski definition) is 2. The van der Waals surface area contributed by atoms with Gasteiger partial charge < -0.3 is 4.74 Å². The molecule has 4 rings (SSSR count). The number of halogens is 4. The van der Waals surface area contributed by atoms with Crippen LogP contribution >= 0.6 is 15.9 Å². The molecule has 0 heterocycles. The second kappa shape index (κ2) is 8.11. The number of rotatable bonds is 4. The van der Waals surface area contributed by atoms with E-state index in [-0.39, 0.29) is 11.1 Å². The average Bonchev–Trinajstić information content (AvgIpc) is 2.72. The lowest BCUT2D eigenvalue weighted by molar-refractivity contribution is -0.141. The van der Waals surface area contributed by atoms with Crippen molar-refractivity contribution in [1.29, 1.82) is 0 Å². The molecule has 0 unspecified atom stereocenters.